The summed E-state index contributed by atoms with van der Waals surface area (Å²) in [4.78, 5) is 19.1. The Labute approximate surface area is 110 Å². The van der Waals surface area contributed by atoms with Gasteiger partial charge in [-0.1, -0.05) is 0 Å². The van der Waals surface area contributed by atoms with Crippen LogP contribution in [0, 0.1) is 10.1 Å². The zero-order chi connectivity index (χ0) is 13.4. The van der Waals surface area contributed by atoms with Crippen LogP contribution in [0.5, 0.6) is 0 Å². The number of likely N-dealkylation sites (N-methyl/N-ethyl adjacent to an activating group) is 1. The number of nitro groups is 1. The van der Waals surface area contributed by atoms with Crippen molar-refractivity contribution in [2.75, 3.05) is 38.2 Å². The first-order valence-electron chi connectivity index (χ1n) is 6.33. The minimum atomic E-state index is -0.380. The van der Waals surface area contributed by atoms with Gasteiger partial charge in [-0.05, 0) is 13.1 Å². The molecule has 2 unspecified atom stereocenters. The summed E-state index contributed by atoms with van der Waals surface area (Å²) in [6.07, 6.45) is 1.70. The molecule has 1 aromatic heterocycles. The van der Waals surface area contributed by atoms with Gasteiger partial charge in [0.1, 0.15) is 0 Å². The zero-order valence-electron chi connectivity index (χ0n) is 10.7. The van der Waals surface area contributed by atoms with Gasteiger partial charge in [-0.2, -0.15) is 0 Å². The van der Waals surface area contributed by atoms with Crippen molar-refractivity contribution in [3.8, 4) is 0 Å². The number of nitrogens with zero attached hydrogens (tertiary/aromatic N) is 4. The summed E-state index contributed by atoms with van der Waals surface area (Å²) in [5, 5.41) is 11.1. The number of hydrogen-bond donors (Lipinski definition) is 0. The standard InChI is InChI=1S/C12H16N4O3/c1-14-5-6-19-11-8-15(7-10(11)14)12-9(16(17)18)3-2-4-13-12/h2-4,10-11H,5-8H2,1H3. The van der Waals surface area contributed by atoms with Gasteiger partial charge in [0.15, 0.2) is 0 Å². The lowest BCUT2D eigenvalue weighted by Crippen LogP contribution is -2.48. The highest BCUT2D eigenvalue weighted by Crippen LogP contribution is 2.31. The predicted octanol–water partition coefficient (Wildman–Crippen LogP) is 0.509. The van der Waals surface area contributed by atoms with E-state index in [1.165, 1.54) is 6.07 Å². The normalized spacial score (nSPS) is 27.3. The summed E-state index contributed by atoms with van der Waals surface area (Å²) in [7, 11) is 2.07. The van der Waals surface area contributed by atoms with Crippen LogP contribution >= 0.6 is 0 Å². The highest BCUT2D eigenvalue weighted by atomic mass is 16.6. The first-order chi connectivity index (χ1) is 9.16. The van der Waals surface area contributed by atoms with E-state index < -0.39 is 0 Å². The second-order valence-electron chi connectivity index (χ2n) is 4.97. The highest BCUT2D eigenvalue weighted by Gasteiger charge is 2.40. The van der Waals surface area contributed by atoms with Crippen LogP contribution in [0.15, 0.2) is 18.3 Å². The van der Waals surface area contributed by atoms with Crippen molar-refractivity contribution >= 4 is 11.5 Å². The quantitative estimate of drug-likeness (QED) is 0.572. The highest BCUT2D eigenvalue weighted by molar-refractivity contribution is 5.58. The fourth-order valence-electron chi connectivity index (χ4n) is 2.81. The van der Waals surface area contributed by atoms with Crippen molar-refractivity contribution in [1.82, 2.24) is 9.88 Å². The topological polar surface area (TPSA) is 71.7 Å². The largest absolute Gasteiger partial charge is 0.373 e. The number of fused-ring (bicyclic) bond motifs is 1. The van der Waals surface area contributed by atoms with Gasteiger partial charge in [0, 0.05) is 31.9 Å². The van der Waals surface area contributed by atoms with Crippen LogP contribution in [0.2, 0.25) is 0 Å². The second-order valence-corrected chi connectivity index (χ2v) is 4.97. The molecule has 2 aliphatic rings. The number of pyridine rings is 1. The third-order valence-corrected chi connectivity index (χ3v) is 3.84. The lowest BCUT2D eigenvalue weighted by Gasteiger charge is -2.33. The first kappa shape index (κ1) is 12.3. The number of aromatic nitrogens is 1. The van der Waals surface area contributed by atoms with Gasteiger partial charge in [0.2, 0.25) is 5.82 Å². The van der Waals surface area contributed by atoms with E-state index >= 15 is 0 Å². The molecule has 7 nitrogen and oxygen atoms in total. The minimum absolute atomic E-state index is 0.0591. The maximum atomic E-state index is 11.1. The van der Waals surface area contributed by atoms with Crippen LogP contribution in [0.4, 0.5) is 11.5 Å². The van der Waals surface area contributed by atoms with Gasteiger partial charge in [-0.25, -0.2) is 4.98 Å². The van der Waals surface area contributed by atoms with Crippen LogP contribution in [0.3, 0.4) is 0 Å². The summed E-state index contributed by atoms with van der Waals surface area (Å²) >= 11 is 0. The molecule has 0 aromatic carbocycles. The van der Waals surface area contributed by atoms with Crippen molar-refractivity contribution in [3.05, 3.63) is 28.4 Å². The third kappa shape index (κ3) is 2.15. The predicted molar refractivity (Wildman–Crippen MR) is 69.3 cm³/mol. The summed E-state index contributed by atoms with van der Waals surface area (Å²) in [6.45, 7) is 3.00. The first-order valence-corrected chi connectivity index (χ1v) is 6.33. The van der Waals surface area contributed by atoms with E-state index in [-0.39, 0.29) is 22.8 Å². The molecule has 7 heteroatoms. The molecular weight excluding hydrogens is 248 g/mol. The van der Waals surface area contributed by atoms with Gasteiger partial charge in [-0.3, -0.25) is 15.0 Å². The lowest BCUT2D eigenvalue weighted by atomic mass is 10.1. The summed E-state index contributed by atoms with van der Waals surface area (Å²) in [5.74, 6) is 0.443. The molecule has 2 fully saturated rings. The SMILES string of the molecule is CN1CCOC2CN(c3ncccc3[N+](=O)[O-])CC21. The Bertz CT molecular complexity index is 496. The number of morpholine rings is 1. The molecular formula is C12H16N4O3. The van der Waals surface area contributed by atoms with E-state index in [4.69, 9.17) is 4.74 Å². The zero-order valence-corrected chi connectivity index (χ0v) is 10.7. The summed E-state index contributed by atoms with van der Waals surface area (Å²) in [5.41, 5.74) is 0.0591. The lowest BCUT2D eigenvalue weighted by molar-refractivity contribution is -0.384. The van der Waals surface area contributed by atoms with Crippen molar-refractivity contribution in [1.29, 1.82) is 0 Å². The second kappa shape index (κ2) is 4.75. The molecule has 3 heterocycles. The molecule has 19 heavy (non-hydrogen) atoms. The fourth-order valence-corrected chi connectivity index (χ4v) is 2.81. The van der Waals surface area contributed by atoms with Crippen molar-refractivity contribution in [2.24, 2.45) is 0 Å². The molecule has 0 amide bonds. The van der Waals surface area contributed by atoms with Crippen LogP contribution in [0.25, 0.3) is 0 Å². The number of rotatable bonds is 2. The molecule has 2 saturated heterocycles. The van der Waals surface area contributed by atoms with E-state index in [9.17, 15) is 10.1 Å². The van der Waals surface area contributed by atoms with Gasteiger partial charge in [0.25, 0.3) is 0 Å². The fraction of sp³-hybridized carbons (Fsp3) is 0.583. The number of ether oxygens (including phenoxy) is 1. The summed E-state index contributed by atoms with van der Waals surface area (Å²) in [6, 6.07) is 3.37. The van der Waals surface area contributed by atoms with Crippen LogP contribution in [-0.2, 0) is 4.74 Å². The summed E-state index contributed by atoms with van der Waals surface area (Å²) < 4.78 is 5.74. The number of hydrogen-bond acceptors (Lipinski definition) is 6. The Morgan fingerprint density at radius 2 is 2.37 bits per heavy atom. The van der Waals surface area contributed by atoms with E-state index in [2.05, 4.69) is 16.9 Å². The molecule has 0 bridgehead atoms. The Balaban J connectivity index is 1.86. The van der Waals surface area contributed by atoms with Gasteiger partial charge < -0.3 is 9.64 Å². The van der Waals surface area contributed by atoms with E-state index in [1.807, 2.05) is 4.90 Å². The molecule has 0 aliphatic carbocycles. The Hall–Kier alpha value is -1.73. The average molecular weight is 264 g/mol. The van der Waals surface area contributed by atoms with Crippen LogP contribution in [-0.4, -0.2) is 60.2 Å². The van der Waals surface area contributed by atoms with E-state index in [0.717, 1.165) is 19.7 Å². The maximum Gasteiger partial charge on any atom is 0.311 e. The van der Waals surface area contributed by atoms with Gasteiger partial charge >= 0.3 is 5.69 Å². The maximum absolute atomic E-state index is 11.1. The molecule has 0 radical (unpaired) electrons. The Morgan fingerprint density at radius 1 is 1.53 bits per heavy atom. The van der Waals surface area contributed by atoms with Crippen molar-refractivity contribution in [2.45, 2.75) is 12.1 Å². The van der Waals surface area contributed by atoms with E-state index in [0.29, 0.717) is 12.4 Å². The van der Waals surface area contributed by atoms with Crippen molar-refractivity contribution < 1.29 is 9.66 Å². The number of anilines is 1. The van der Waals surface area contributed by atoms with Gasteiger partial charge in [0.05, 0.1) is 23.7 Å². The van der Waals surface area contributed by atoms with Crippen LogP contribution in [0.1, 0.15) is 0 Å². The van der Waals surface area contributed by atoms with E-state index in [1.54, 1.807) is 12.3 Å². The Kier molecular flexibility index (Phi) is 3.08. The molecule has 0 N–H and O–H groups in total. The molecule has 3 rings (SSSR count). The third-order valence-electron chi connectivity index (χ3n) is 3.84. The molecule has 1 aromatic rings. The minimum Gasteiger partial charge on any atom is -0.373 e. The molecule has 0 spiro atoms. The monoisotopic (exact) mass is 264 g/mol. The van der Waals surface area contributed by atoms with Gasteiger partial charge in [-0.15, -0.1) is 0 Å². The van der Waals surface area contributed by atoms with Crippen LogP contribution < -0.4 is 4.90 Å². The molecule has 0 saturated carbocycles. The average Bonchev–Trinajstić information content (AvgIpc) is 2.84. The molecule has 102 valence electrons. The Morgan fingerprint density at radius 3 is 3.11 bits per heavy atom. The molecule has 2 atom stereocenters. The smallest absolute Gasteiger partial charge is 0.311 e. The molecule has 2 aliphatic heterocycles. The van der Waals surface area contributed by atoms with Crippen molar-refractivity contribution in [3.63, 3.8) is 0 Å².